The Morgan fingerprint density at radius 1 is 0.427 bits per heavy atom. The van der Waals surface area contributed by atoms with Crippen LogP contribution >= 0.6 is 12.8 Å². The van der Waals surface area contributed by atoms with E-state index in [1.165, 1.54) is 26.9 Å². The highest BCUT2D eigenvalue weighted by atomic mass is 32.1. The van der Waals surface area contributed by atoms with E-state index >= 15 is 0 Å². The monoisotopic (exact) mass is 1470 g/mol. The number of alkyl carbamates (subject to hydrolysis) is 2. The molecule has 0 heterocycles. The number of aliphatic hydroxyl groups excluding tert-OH is 2. The predicted molar refractivity (Wildman–Crippen MR) is 394 cm³/mol. The average molecular weight is 1470 g/mol. The Balaban J connectivity index is 0.00000127. The molecule has 0 saturated heterocycles. The Morgan fingerprint density at radius 3 is 1.04 bits per heavy atom. The molecule has 25 heteroatoms. The van der Waals surface area contributed by atoms with Crippen LogP contribution in [-0.4, -0.2) is 142 Å². The lowest BCUT2D eigenvalue weighted by molar-refractivity contribution is -0.192. The molecule has 0 aromatic rings. The van der Waals surface area contributed by atoms with Crippen molar-refractivity contribution < 1.29 is 101 Å². The lowest BCUT2D eigenvalue weighted by Crippen LogP contribution is -2.32. The van der Waals surface area contributed by atoms with E-state index < -0.39 is 62.7 Å². The summed E-state index contributed by atoms with van der Waals surface area (Å²) in [4.78, 5) is 142. The zero-order valence-corrected chi connectivity index (χ0v) is 65.6. The standard InChI is InChI=1S/C19H31NO5.C17H29NO4S.C17H28O4.C15H23NO5.C9H16O.CO2/c1-18(2,3)25-16(22)10-9-15(21)19(4)12-7-6-8-14(11-13-19)24-17(23)20-5;1-16(2,3)21-15(20)9-8-14(19)17(4)11-6-5-7-13(10-12-17)22-18-23;1-16(2,3)21-15(20)9-8-14(19)17(4)11-6-5-7-13(18)10-12-17;1-15(12(17)6-7-13(18)19)9-4-3-5-11(8-10-15)21-14(20)16-2;1-8-4-2-3-5-9(10)7-6-8;2-1-3/h6,8,14H,7,9-13H2,1-5H3,(H,20,23);5,7,13,18,23H,6,8-12H2,1-4H3;5,7,13,18H,6,8-12H2,1-4H3;3,5,11H,4,6-10H2,1-2H3,(H,16,20)(H,18,19);3,5,8-10H,2,4,6-7H2,1H3;/b8-6+;2*7-5+;2*5-3+;/t14-,19+;2*13-,17+;11-,15+;8-,9-;/m00000./s1. The number of carbonyl (C=O) groups is 10. The number of nitrogens with one attached hydrogen (secondary N) is 3. The number of carboxylic acids is 1. The average Bonchev–Trinajstić information content (AvgIpc) is 0.861. The first-order valence-electron chi connectivity index (χ1n) is 36.4. The summed E-state index contributed by atoms with van der Waals surface area (Å²) in [6, 6.07) is 0. The molecule has 0 unspecified atom stereocenters. The normalized spacial score (nSPS) is 27.2. The second-order valence-electron chi connectivity index (χ2n) is 31.2. The van der Waals surface area contributed by atoms with Gasteiger partial charge in [-0.1, -0.05) is 96.0 Å². The summed E-state index contributed by atoms with van der Waals surface area (Å²) in [5.41, 5.74) is -3.52. The highest BCUT2D eigenvalue weighted by Gasteiger charge is 2.38. The van der Waals surface area contributed by atoms with E-state index in [-0.39, 0.29) is 123 Å². The number of ketones is 4. The Morgan fingerprint density at radius 2 is 0.718 bits per heavy atom. The molecular weight excluding hydrogens is 1350 g/mol. The number of carboxylic acid groups (broad SMARTS) is 1. The van der Waals surface area contributed by atoms with Gasteiger partial charge in [-0.25, -0.2) is 9.59 Å². The summed E-state index contributed by atoms with van der Waals surface area (Å²) in [7, 11) is 3.01. The molecule has 0 saturated carbocycles. The number of aliphatic hydroxyl groups is 2. The number of rotatable bonds is 20. The summed E-state index contributed by atoms with van der Waals surface area (Å²) in [5.74, 6) is -0.918. The first kappa shape index (κ1) is 96.4. The van der Waals surface area contributed by atoms with E-state index in [0.717, 1.165) is 70.1 Å². The van der Waals surface area contributed by atoms with E-state index in [2.05, 4.69) is 41.3 Å². The molecule has 6 N–H and O–H groups in total. The molecular formula is C78H127N3O21S. The summed E-state index contributed by atoms with van der Waals surface area (Å²) in [5, 5.41) is 32.5. The van der Waals surface area contributed by atoms with Gasteiger partial charge in [-0.2, -0.15) is 9.59 Å². The zero-order chi connectivity index (χ0) is 78.7. The number of ether oxygens (including phenoxy) is 5. The molecule has 2 amide bonds. The van der Waals surface area contributed by atoms with Gasteiger partial charge in [0.2, 0.25) is 0 Å². The Kier molecular flexibility index (Phi) is 46.0. The number of carbonyl (C=O) groups excluding carboxylic acids is 11. The van der Waals surface area contributed by atoms with Crippen LogP contribution in [0.4, 0.5) is 9.59 Å². The summed E-state index contributed by atoms with van der Waals surface area (Å²) in [6.45, 7) is 26.3. The van der Waals surface area contributed by atoms with Gasteiger partial charge >= 0.3 is 42.2 Å². The predicted octanol–water partition coefficient (Wildman–Crippen LogP) is 14.1. The topological polar surface area (TPSA) is 357 Å². The van der Waals surface area contributed by atoms with Crippen molar-refractivity contribution in [2.24, 2.45) is 27.6 Å². The van der Waals surface area contributed by atoms with Crippen LogP contribution in [0.1, 0.15) is 277 Å². The quantitative estimate of drug-likeness (QED) is 0.0196. The minimum atomic E-state index is -0.960. The maximum absolute atomic E-state index is 12.7. The van der Waals surface area contributed by atoms with Gasteiger partial charge in [0.15, 0.2) is 0 Å². The van der Waals surface area contributed by atoms with Crippen molar-refractivity contribution >= 4 is 78.2 Å². The van der Waals surface area contributed by atoms with E-state index in [9.17, 15) is 58.2 Å². The second kappa shape index (κ2) is 49.2. The lowest BCUT2D eigenvalue weighted by Gasteiger charge is -2.31. The fourth-order valence-corrected chi connectivity index (χ4v) is 11.9. The summed E-state index contributed by atoms with van der Waals surface area (Å²) >= 11 is 3.84. The van der Waals surface area contributed by atoms with Crippen molar-refractivity contribution in [3.8, 4) is 0 Å². The maximum atomic E-state index is 12.7. The van der Waals surface area contributed by atoms with Crippen LogP contribution < -0.4 is 15.5 Å². The minimum Gasteiger partial charge on any atom is -0.481 e. The number of allylic oxidation sites excluding steroid dienone is 5. The minimum absolute atomic E-state index is 0.0288. The van der Waals surface area contributed by atoms with Crippen molar-refractivity contribution in [1.29, 1.82) is 0 Å². The Labute approximate surface area is 618 Å². The van der Waals surface area contributed by atoms with Gasteiger partial charge in [0, 0.05) is 61.4 Å². The van der Waals surface area contributed by atoms with Crippen molar-refractivity contribution in [3.63, 3.8) is 0 Å². The number of aliphatic carboxylic acids is 1. The largest absolute Gasteiger partial charge is 0.481 e. The molecule has 5 aliphatic rings. The third-order valence-electron chi connectivity index (χ3n) is 18.3. The highest BCUT2D eigenvalue weighted by molar-refractivity contribution is 7.77. The van der Waals surface area contributed by atoms with Crippen molar-refractivity contribution in [1.82, 2.24) is 15.5 Å². The maximum Gasteiger partial charge on any atom is 0.407 e. The summed E-state index contributed by atoms with van der Waals surface area (Å²) < 4.78 is 26.2. The molecule has 5 aliphatic carbocycles. The molecule has 0 bridgehead atoms. The molecule has 5 rings (SSSR count). The van der Waals surface area contributed by atoms with E-state index in [0.29, 0.717) is 51.4 Å². The molecule has 586 valence electrons. The van der Waals surface area contributed by atoms with Gasteiger partial charge in [0.25, 0.3) is 0 Å². The van der Waals surface area contributed by atoms with Gasteiger partial charge in [-0.3, -0.25) is 43.2 Å². The van der Waals surface area contributed by atoms with Gasteiger partial charge < -0.3 is 49.6 Å². The summed E-state index contributed by atoms with van der Waals surface area (Å²) in [6.07, 6.45) is 33.7. The van der Waals surface area contributed by atoms with Crippen LogP contribution in [0, 0.1) is 27.6 Å². The lowest BCUT2D eigenvalue weighted by atomic mass is 9.74. The van der Waals surface area contributed by atoms with Crippen molar-refractivity contribution in [3.05, 3.63) is 60.8 Å². The third kappa shape index (κ3) is 45.4. The van der Waals surface area contributed by atoms with E-state index in [1.54, 1.807) is 6.08 Å². The highest BCUT2D eigenvalue weighted by Crippen LogP contribution is 2.39. The first-order valence-corrected chi connectivity index (χ1v) is 36.9. The first-order chi connectivity index (χ1) is 47.9. The van der Waals surface area contributed by atoms with Gasteiger partial charge in [0.05, 0.1) is 44.0 Å². The number of hydrogen-bond donors (Lipinski definition) is 7. The second-order valence-corrected chi connectivity index (χ2v) is 31.3. The molecule has 0 radical (unpaired) electrons. The molecule has 10 atom stereocenters. The van der Waals surface area contributed by atoms with Gasteiger partial charge in [-0.15, -0.1) is 4.89 Å². The molecule has 24 nitrogen and oxygen atoms in total. The van der Waals surface area contributed by atoms with E-state index in [4.69, 9.17) is 43.2 Å². The van der Waals surface area contributed by atoms with Crippen LogP contribution in [0.3, 0.4) is 0 Å². The van der Waals surface area contributed by atoms with Crippen molar-refractivity contribution in [2.45, 2.75) is 324 Å². The van der Waals surface area contributed by atoms with Gasteiger partial charge in [-0.05, 0) is 209 Å². The SMILES string of the molecule is CC(C)(C)OC(=O)CCC(=O)[C@]1(C)CC/C=C/[C@H](O)CC1.CC(C)(C)OC(=O)CCC(=O)[C@]1(C)CC/C=C/[C@H](ONS)CC1.CNC(=O)O[C@H]1/C=C/CC[C@@](C)(C(=O)CCC(=O)O)CC1.CNC(=O)O[C@H]1/C=C/CC[C@@](C)(C(=O)CCC(=O)OC(C)(C)C)CC1.C[C@H]1CC/C=C/[C@H](O)CC1.O=C=O. The molecule has 0 aromatic heterocycles. The van der Waals surface area contributed by atoms with Crippen LogP contribution in [0.2, 0.25) is 0 Å². The molecule has 0 fully saturated rings. The van der Waals surface area contributed by atoms with Crippen LogP contribution in [0.5, 0.6) is 0 Å². The van der Waals surface area contributed by atoms with Gasteiger partial charge in [0.1, 0.15) is 52.1 Å². The van der Waals surface area contributed by atoms with E-state index in [1.807, 2.05) is 139 Å². The molecule has 103 heavy (non-hydrogen) atoms. The number of thiol groups is 1. The number of hydrogen-bond acceptors (Lipinski definition) is 22. The Bertz CT molecular complexity index is 2840. The molecule has 0 aromatic carbocycles. The van der Waals surface area contributed by atoms with Crippen LogP contribution in [0.25, 0.3) is 0 Å². The smallest absolute Gasteiger partial charge is 0.407 e. The fraction of sp³-hybridized carbons (Fsp3) is 0.731. The Hall–Kier alpha value is -6.63. The number of esters is 3. The van der Waals surface area contributed by atoms with Crippen molar-refractivity contribution in [2.75, 3.05) is 14.1 Å². The fourth-order valence-electron chi connectivity index (χ4n) is 11.8. The van der Waals surface area contributed by atoms with Crippen LogP contribution in [0.15, 0.2) is 60.8 Å². The number of amides is 2. The third-order valence-corrected chi connectivity index (χ3v) is 18.4. The zero-order valence-electron chi connectivity index (χ0n) is 64.7. The van der Waals surface area contributed by atoms with Crippen LogP contribution in [-0.2, 0) is 76.5 Å². The molecule has 0 spiro atoms. The number of Topliss-reactive ketones (excluding diaryl/α,β-unsaturated/α-hetero) is 4. The molecule has 0 aliphatic heterocycles.